The van der Waals surface area contributed by atoms with E-state index in [0.29, 0.717) is 17.1 Å². The van der Waals surface area contributed by atoms with Crippen molar-refractivity contribution in [1.29, 1.82) is 0 Å². The maximum absolute atomic E-state index is 12.5. The van der Waals surface area contributed by atoms with Gasteiger partial charge < -0.3 is 24.4 Å². The van der Waals surface area contributed by atoms with Crippen molar-refractivity contribution in [2.75, 3.05) is 31.9 Å². The summed E-state index contributed by atoms with van der Waals surface area (Å²) in [5.41, 5.74) is 2.98. The maximum Gasteiger partial charge on any atom is 0.325 e. The Hall–Kier alpha value is -3.81. The number of rotatable bonds is 6. The zero-order valence-corrected chi connectivity index (χ0v) is 18.1. The van der Waals surface area contributed by atoms with Crippen LogP contribution in [0.15, 0.2) is 54.2 Å². The van der Waals surface area contributed by atoms with Gasteiger partial charge in [-0.1, -0.05) is 32.0 Å². The molecule has 8 nitrogen and oxygen atoms in total. The first-order chi connectivity index (χ1) is 15.3. The quantitative estimate of drug-likeness (QED) is 0.549. The minimum Gasteiger partial charge on any atom is -0.456 e. The van der Waals surface area contributed by atoms with Crippen LogP contribution in [0.2, 0.25) is 0 Å². The van der Waals surface area contributed by atoms with Crippen molar-refractivity contribution < 1.29 is 28.6 Å². The number of hydrogen-bond acceptors (Lipinski definition) is 7. The van der Waals surface area contributed by atoms with Crippen LogP contribution in [0.3, 0.4) is 0 Å². The lowest BCUT2D eigenvalue weighted by atomic mass is 9.83. The van der Waals surface area contributed by atoms with E-state index in [1.54, 1.807) is 12.1 Å². The lowest BCUT2D eigenvalue weighted by molar-refractivity contribution is -0.145. The average Bonchev–Trinajstić information content (AvgIpc) is 3.33. The number of ether oxygens (including phenoxy) is 3. The highest BCUT2D eigenvalue weighted by molar-refractivity contribution is 5.97. The van der Waals surface area contributed by atoms with E-state index in [1.165, 1.54) is 12.1 Å². The first-order valence-electron chi connectivity index (χ1n) is 10.2. The predicted octanol–water partition coefficient (Wildman–Crippen LogP) is 2.57. The summed E-state index contributed by atoms with van der Waals surface area (Å²) in [5.74, 6) is -0.453. The van der Waals surface area contributed by atoms with Gasteiger partial charge in [0.1, 0.15) is 6.54 Å². The van der Waals surface area contributed by atoms with E-state index in [0.717, 1.165) is 16.9 Å². The summed E-state index contributed by atoms with van der Waals surface area (Å²) in [6.45, 7) is 3.45. The molecule has 0 saturated heterocycles. The third kappa shape index (κ3) is 4.03. The number of ketones is 1. The summed E-state index contributed by atoms with van der Waals surface area (Å²) in [6, 6.07) is 12.7. The van der Waals surface area contributed by atoms with Gasteiger partial charge in [0, 0.05) is 35.5 Å². The lowest BCUT2D eigenvalue weighted by Gasteiger charge is -2.23. The third-order valence-electron chi connectivity index (χ3n) is 5.64. The van der Waals surface area contributed by atoms with E-state index in [-0.39, 0.29) is 24.5 Å². The normalized spacial score (nSPS) is 16.6. The Morgan fingerprint density at radius 2 is 1.88 bits per heavy atom. The molecule has 0 unspecified atom stereocenters. The number of para-hydroxylation sites is 1. The van der Waals surface area contributed by atoms with Crippen LogP contribution in [0.1, 0.15) is 29.8 Å². The Labute approximate surface area is 185 Å². The molecule has 4 rings (SSSR count). The Morgan fingerprint density at radius 3 is 2.66 bits per heavy atom. The Balaban J connectivity index is 1.30. The highest BCUT2D eigenvalue weighted by Crippen LogP contribution is 2.46. The standard InChI is InChI=1S/C24H24N2O6/c1-24(2)17-6-4-5-7-18(17)26(3)21(24)11-16(27)13-30-22(28)12-25-23(29)15-8-9-19-20(10-15)32-14-31-19/h4-11H,12-14H2,1-3H3,(H,25,29)/b21-11-. The minimum absolute atomic E-state index is 0.107. The van der Waals surface area contributed by atoms with Gasteiger partial charge in [-0.25, -0.2) is 0 Å². The molecule has 2 heterocycles. The zero-order valence-electron chi connectivity index (χ0n) is 18.1. The second kappa shape index (κ2) is 8.37. The van der Waals surface area contributed by atoms with Gasteiger partial charge in [-0.15, -0.1) is 0 Å². The molecule has 2 aromatic carbocycles. The van der Waals surface area contributed by atoms with E-state index >= 15 is 0 Å². The molecule has 0 fully saturated rings. The summed E-state index contributed by atoms with van der Waals surface area (Å²) in [7, 11) is 1.91. The van der Waals surface area contributed by atoms with E-state index in [1.807, 2.05) is 50.1 Å². The number of allylic oxidation sites excluding steroid dienone is 1. The summed E-state index contributed by atoms with van der Waals surface area (Å²) in [6.07, 6.45) is 1.51. The van der Waals surface area contributed by atoms with Gasteiger partial charge in [0.05, 0.1) is 0 Å². The number of carbonyl (C=O) groups excluding carboxylic acids is 3. The molecule has 0 aliphatic carbocycles. The van der Waals surface area contributed by atoms with Crippen molar-refractivity contribution in [1.82, 2.24) is 5.32 Å². The molecule has 8 heteroatoms. The molecule has 32 heavy (non-hydrogen) atoms. The maximum atomic E-state index is 12.5. The number of esters is 1. The van der Waals surface area contributed by atoms with E-state index in [9.17, 15) is 14.4 Å². The summed E-state index contributed by atoms with van der Waals surface area (Å²) < 4.78 is 15.5. The fourth-order valence-corrected chi connectivity index (χ4v) is 3.95. The van der Waals surface area contributed by atoms with Gasteiger partial charge in [0.15, 0.2) is 23.9 Å². The molecule has 166 valence electrons. The lowest BCUT2D eigenvalue weighted by Crippen LogP contribution is -2.31. The molecule has 0 radical (unpaired) electrons. The molecule has 1 N–H and O–H groups in total. The SMILES string of the molecule is CN1/C(=C\C(=O)COC(=O)CNC(=O)c2ccc3c(c2)OCO3)C(C)(C)c2ccccc21. The largest absolute Gasteiger partial charge is 0.456 e. The number of likely N-dealkylation sites (N-methyl/N-ethyl adjacent to an activating group) is 1. The smallest absolute Gasteiger partial charge is 0.325 e. The van der Waals surface area contributed by atoms with Crippen molar-refractivity contribution >= 4 is 23.3 Å². The van der Waals surface area contributed by atoms with Crippen LogP contribution in [0.25, 0.3) is 0 Å². The van der Waals surface area contributed by atoms with E-state index in [4.69, 9.17) is 14.2 Å². The van der Waals surface area contributed by atoms with Crippen LogP contribution < -0.4 is 19.7 Å². The van der Waals surface area contributed by atoms with Crippen LogP contribution in [0, 0.1) is 0 Å². The summed E-state index contributed by atoms with van der Waals surface area (Å²) in [5, 5.41) is 2.47. The van der Waals surface area contributed by atoms with Gasteiger partial charge in [0.2, 0.25) is 6.79 Å². The fraction of sp³-hybridized carbons (Fsp3) is 0.292. The first kappa shape index (κ1) is 21.4. The van der Waals surface area contributed by atoms with Gasteiger partial charge >= 0.3 is 5.97 Å². The van der Waals surface area contributed by atoms with Crippen LogP contribution in [0.4, 0.5) is 5.69 Å². The molecule has 0 saturated carbocycles. The summed E-state index contributed by atoms with van der Waals surface area (Å²) >= 11 is 0. The van der Waals surface area contributed by atoms with Gasteiger partial charge in [0.25, 0.3) is 5.91 Å². The molecule has 0 spiro atoms. The van der Waals surface area contributed by atoms with Gasteiger partial charge in [-0.3, -0.25) is 14.4 Å². The topological polar surface area (TPSA) is 94.2 Å². The highest BCUT2D eigenvalue weighted by atomic mass is 16.7. The van der Waals surface area contributed by atoms with Gasteiger partial charge in [-0.05, 0) is 29.8 Å². The van der Waals surface area contributed by atoms with Crippen molar-refractivity contribution in [2.45, 2.75) is 19.3 Å². The molecule has 0 bridgehead atoms. The number of nitrogens with zero attached hydrogens (tertiary/aromatic N) is 1. The van der Waals surface area contributed by atoms with E-state index in [2.05, 4.69) is 5.32 Å². The number of hydrogen-bond donors (Lipinski definition) is 1. The highest BCUT2D eigenvalue weighted by Gasteiger charge is 2.38. The Morgan fingerprint density at radius 1 is 1.12 bits per heavy atom. The second-order valence-electron chi connectivity index (χ2n) is 8.11. The molecule has 0 atom stereocenters. The Bertz CT molecular complexity index is 1120. The number of amides is 1. The van der Waals surface area contributed by atoms with Crippen LogP contribution >= 0.6 is 0 Å². The van der Waals surface area contributed by atoms with E-state index < -0.39 is 18.5 Å². The molecule has 2 aromatic rings. The first-order valence-corrected chi connectivity index (χ1v) is 10.2. The van der Waals surface area contributed by atoms with Crippen LogP contribution in [-0.2, 0) is 19.7 Å². The molecular formula is C24H24N2O6. The van der Waals surface area contributed by atoms with Crippen LogP contribution in [-0.4, -0.2) is 44.7 Å². The minimum atomic E-state index is -0.701. The van der Waals surface area contributed by atoms with Crippen molar-refractivity contribution in [2.24, 2.45) is 0 Å². The number of benzene rings is 2. The van der Waals surface area contributed by atoms with Crippen LogP contribution in [0.5, 0.6) is 11.5 Å². The second-order valence-corrected chi connectivity index (χ2v) is 8.11. The molecule has 0 aromatic heterocycles. The molecule has 2 aliphatic heterocycles. The number of anilines is 1. The number of fused-ring (bicyclic) bond motifs is 2. The number of carbonyl (C=O) groups is 3. The van der Waals surface area contributed by atoms with Crippen molar-refractivity contribution in [3.05, 3.63) is 65.4 Å². The zero-order chi connectivity index (χ0) is 22.9. The molecule has 2 aliphatic rings. The monoisotopic (exact) mass is 436 g/mol. The third-order valence-corrected chi connectivity index (χ3v) is 5.64. The molecular weight excluding hydrogens is 412 g/mol. The molecule has 1 amide bonds. The van der Waals surface area contributed by atoms with Crippen molar-refractivity contribution in [3.63, 3.8) is 0 Å². The fourth-order valence-electron chi connectivity index (χ4n) is 3.95. The van der Waals surface area contributed by atoms with Gasteiger partial charge in [-0.2, -0.15) is 0 Å². The Kier molecular flexibility index (Phi) is 5.61. The average molecular weight is 436 g/mol. The predicted molar refractivity (Wildman–Crippen MR) is 117 cm³/mol. The number of nitrogens with one attached hydrogen (secondary N) is 1. The van der Waals surface area contributed by atoms with Crippen molar-refractivity contribution in [3.8, 4) is 11.5 Å². The summed E-state index contributed by atoms with van der Waals surface area (Å²) in [4.78, 5) is 38.7.